The predicted octanol–water partition coefficient (Wildman–Crippen LogP) is 2.28. The minimum absolute atomic E-state index is 0.0813. The third-order valence-corrected chi connectivity index (χ3v) is 4.95. The highest BCUT2D eigenvalue weighted by molar-refractivity contribution is 5.06. The summed E-state index contributed by atoms with van der Waals surface area (Å²) in [5.41, 5.74) is -0.187. The quantitative estimate of drug-likeness (QED) is 0.844. The van der Waals surface area contributed by atoms with Crippen LogP contribution in [0.25, 0.3) is 0 Å². The zero-order valence-electron chi connectivity index (χ0n) is 14.6. The van der Waals surface area contributed by atoms with Crippen LogP contribution >= 0.6 is 0 Å². The molecule has 1 N–H and O–H groups in total. The van der Waals surface area contributed by atoms with E-state index in [1.54, 1.807) is 0 Å². The largest absolute Gasteiger partial charge is 0.380 e. The van der Waals surface area contributed by atoms with Gasteiger partial charge in [-0.15, -0.1) is 0 Å². The molecule has 0 aromatic heterocycles. The highest BCUT2D eigenvalue weighted by Gasteiger charge is 2.53. The summed E-state index contributed by atoms with van der Waals surface area (Å²) < 4.78 is 12.0. The Morgan fingerprint density at radius 3 is 2.57 bits per heavy atom. The second-order valence-corrected chi connectivity index (χ2v) is 7.61. The number of hydrogen-bond acceptors (Lipinski definition) is 4. The van der Waals surface area contributed by atoms with Crippen LogP contribution in [0, 0.1) is 5.92 Å². The van der Waals surface area contributed by atoms with Crippen molar-refractivity contribution in [3.8, 4) is 0 Å². The van der Waals surface area contributed by atoms with Gasteiger partial charge in [0.05, 0.1) is 17.8 Å². The van der Waals surface area contributed by atoms with Crippen LogP contribution in [0.1, 0.15) is 47.5 Å². The van der Waals surface area contributed by atoms with E-state index in [0.29, 0.717) is 12.0 Å². The van der Waals surface area contributed by atoms with Gasteiger partial charge in [0, 0.05) is 38.2 Å². The van der Waals surface area contributed by atoms with Crippen molar-refractivity contribution in [2.75, 3.05) is 39.4 Å². The van der Waals surface area contributed by atoms with Crippen molar-refractivity contribution in [1.29, 1.82) is 0 Å². The van der Waals surface area contributed by atoms with Crippen LogP contribution in [0.2, 0.25) is 0 Å². The van der Waals surface area contributed by atoms with Crippen molar-refractivity contribution in [2.24, 2.45) is 5.92 Å². The van der Waals surface area contributed by atoms with Crippen LogP contribution in [-0.4, -0.2) is 61.5 Å². The standard InChI is InChI=1S/C17H34N2O2/c1-6-8-18-15-14(16(2,3)21-17(15,4)5)13-19-9-7-11-20-12-10-19/h14-15,18H,6-13H2,1-5H3. The van der Waals surface area contributed by atoms with Gasteiger partial charge in [-0.3, -0.25) is 0 Å². The van der Waals surface area contributed by atoms with Crippen molar-refractivity contribution in [1.82, 2.24) is 10.2 Å². The van der Waals surface area contributed by atoms with Crippen molar-refractivity contribution < 1.29 is 9.47 Å². The van der Waals surface area contributed by atoms with Crippen molar-refractivity contribution >= 4 is 0 Å². The maximum absolute atomic E-state index is 6.41. The lowest BCUT2D eigenvalue weighted by Crippen LogP contribution is -2.51. The van der Waals surface area contributed by atoms with E-state index >= 15 is 0 Å². The fourth-order valence-electron chi connectivity index (χ4n) is 3.97. The monoisotopic (exact) mass is 298 g/mol. The molecular weight excluding hydrogens is 264 g/mol. The Morgan fingerprint density at radius 2 is 1.86 bits per heavy atom. The molecule has 2 aliphatic heterocycles. The van der Waals surface area contributed by atoms with Gasteiger partial charge in [0.1, 0.15) is 0 Å². The van der Waals surface area contributed by atoms with Gasteiger partial charge in [0.25, 0.3) is 0 Å². The zero-order valence-corrected chi connectivity index (χ0v) is 14.6. The Morgan fingerprint density at radius 1 is 1.10 bits per heavy atom. The molecule has 4 nitrogen and oxygen atoms in total. The average molecular weight is 298 g/mol. The molecule has 2 aliphatic rings. The Labute approximate surface area is 130 Å². The second-order valence-electron chi connectivity index (χ2n) is 7.61. The molecule has 124 valence electrons. The lowest BCUT2D eigenvalue weighted by Gasteiger charge is -2.34. The topological polar surface area (TPSA) is 33.7 Å². The SMILES string of the molecule is CCCNC1C(CN2CCCOCC2)C(C)(C)OC1(C)C. The van der Waals surface area contributed by atoms with Gasteiger partial charge in [-0.05, 0) is 47.1 Å². The Hall–Kier alpha value is -0.160. The van der Waals surface area contributed by atoms with Crippen molar-refractivity contribution in [3.63, 3.8) is 0 Å². The molecule has 0 saturated carbocycles. The first-order valence-corrected chi connectivity index (χ1v) is 8.60. The number of hydrogen-bond donors (Lipinski definition) is 1. The molecule has 2 saturated heterocycles. The zero-order chi connectivity index (χ0) is 15.5. The lowest BCUT2D eigenvalue weighted by molar-refractivity contribution is -0.0796. The molecule has 21 heavy (non-hydrogen) atoms. The van der Waals surface area contributed by atoms with E-state index in [2.05, 4.69) is 44.8 Å². The van der Waals surface area contributed by atoms with Crippen LogP contribution in [-0.2, 0) is 9.47 Å². The Balaban J connectivity index is 2.07. The molecule has 0 amide bonds. The average Bonchev–Trinajstić information content (AvgIpc) is 2.58. The van der Waals surface area contributed by atoms with Gasteiger partial charge in [0.2, 0.25) is 0 Å². The maximum Gasteiger partial charge on any atom is 0.0790 e. The van der Waals surface area contributed by atoms with E-state index in [0.717, 1.165) is 52.2 Å². The molecule has 2 atom stereocenters. The second kappa shape index (κ2) is 6.95. The number of nitrogens with zero attached hydrogens (tertiary/aromatic N) is 1. The number of nitrogens with one attached hydrogen (secondary N) is 1. The maximum atomic E-state index is 6.41. The van der Waals surface area contributed by atoms with Crippen LogP contribution in [0.5, 0.6) is 0 Å². The highest BCUT2D eigenvalue weighted by Crippen LogP contribution is 2.42. The first-order valence-electron chi connectivity index (χ1n) is 8.60. The molecule has 0 aliphatic carbocycles. The molecule has 2 unspecified atom stereocenters. The summed E-state index contributed by atoms with van der Waals surface area (Å²) in [5.74, 6) is 0.511. The molecule has 2 fully saturated rings. The fraction of sp³-hybridized carbons (Fsp3) is 1.00. The molecule has 0 spiro atoms. The Kier molecular flexibility index (Phi) is 5.69. The van der Waals surface area contributed by atoms with Crippen LogP contribution in [0.3, 0.4) is 0 Å². The molecule has 0 aromatic carbocycles. The summed E-state index contributed by atoms with van der Waals surface area (Å²) in [5, 5.41) is 3.75. The summed E-state index contributed by atoms with van der Waals surface area (Å²) >= 11 is 0. The summed E-state index contributed by atoms with van der Waals surface area (Å²) in [6, 6.07) is 0.414. The number of rotatable bonds is 5. The summed E-state index contributed by atoms with van der Waals surface area (Å²) in [6.45, 7) is 17.3. The van der Waals surface area contributed by atoms with Gasteiger partial charge >= 0.3 is 0 Å². The molecular formula is C17H34N2O2. The third kappa shape index (κ3) is 4.19. The fourth-order valence-corrected chi connectivity index (χ4v) is 3.97. The lowest BCUT2D eigenvalue weighted by atomic mass is 9.82. The van der Waals surface area contributed by atoms with Crippen LogP contribution < -0.4 is 5.32 Å². The van der Waals surface area contributed by atoms with Crippen LogP contribution in [0.15, 0.2) is 0 Å². The number of ether oxygens (including phenoxy) is 2. The van der Waals surface area contributed by atoms with E-state index < -0.39 is 0 Å². The first-order chi connectivity index (χ1) is 9.87. The van der Waals surface area contributed by atoms with E-state index in [-0.39, 0.29) is 11.2 Å². The van der Waals surface area contributed by atoms with E-state index in [1.807, 2.05) is 0 Å². The van der Waals surface area contributed by atoms with E-state index in [9.17, 15) is 0 Å². The molecule has 0 radical (unpaired) electrons. The van der Waals surface area contributed by atoms with E-state index in [4.69, 9.17) is 9.47 Å². The van der Waals surface area contributed by atoms with Gasteiger partial charge in [-0.1, -0.05) is 6.92 Å². The van der Waals surface area contributed by atoms with Gasteiger partial charge in [-0.25, -0.2) is 0 Å². The first kappa shape index (κ1) is 17.2. The predicted molar refractivity (Wildman–Crippen MR) is 86.7 cm³/mol. The molecule has 2 rings (SSSR count). The Bertz CT molecular complexity index is 323. The smallest absolute Gasteiger partial charge is 0.0790 e. The minimum Gasteiger partial charge on any atom is -0.380 e. The van der Waals surface area contributed by atoms with Crippen molar-refractivity contribution in [2.45, 2.75) is 64.7 Å². The summed E-state index contributed by atoms with van der Waals surface area (Å²) in [4.78, 5) is 2.56. The summed E-state index contributed by atoms with van der Waals surface area (Å²) in [6.07, 6.45) is 2.31. The third-order valence-electron chi connectivity index (χ3n) is 4.95. The van der Waals surface area contributed by atoms with Gasteiger partial charge < -0.3 is 19.7 Å². The molecule has 2 heterocycles. The molecule has 4 heteroatoms. The molecule has 0 aromatic rings. The normalized spacial score (nSPS) is 33.0. The van der Waals surface area contributed by atoms with Crippen LogP contribution in [0.4, 0.5) is 0 Å². The molecule has 0 bridgehead atoms. The summed E-state index contributed by atoms with van der Waals surface area (Å²) in [7, 11) is 0. The minimum atomic E-state index is -0.105. The van der Waals surface area contributed by atoms with Gasteiger partial charge in [0.15, 0.2) is 0 Å². The van der Waals surface area contributed by atoms with Gasteiger partial charge in [-0.2, -0.15) is 0 Å². The van der Waals surface area contributed by atoms with Crippen molar-refractivity contribution in [3.05, 3.63) is 0 Å². The van der Waals surface area contributed by atoms with E-state index in [1.165, 1.54) is 0 Å². The highest BCUT2D eigenvalue weighted by atomic mass is 16.5.